The van der Waals surface area contributed by atoms with E-state index < -0.39 is 0 Å². The molecule has 0 aromatic heterocycles. The van der Waals surface area contributed by atoms with Gasteiger partial charge in [-0.1, -0.05) is 51.1 Å². The summed E-state index contributed by atoms with van der Waals surface area (Å²) in [6.45, 7) is 7.40. The lowest BCUT2D eigenvalue weighted by Gasteiger charge is -2.35. The van der Waals surface area contributed by atoms with Crippen molar-refractivity contribution in [2.45, 2.75) is 46.2 Å². The fourth-order valence-electron chi connectivity index (χ4n) is 2.61. The SMILES string of the molecule is CC(C)(C)[C@@H]1CCC(=O)N1Cc1ccccc1. The molecule has 1 aromatic rings. The Morgan fingerprint density at radius 2 is 1.88 bits per heavy atom. The van der Waals surface area contributed by atoms with Crippen LogP contribution in [0.2, 0.25) is 0 Å². The molecule has 2 nitrogen and oxygen atoms in total. The summed E-state index contributed by atoms with van der Waals surface area (Å²) in [5.41, 5.74) is 1.39. The molecule has 1 aliphatic rings. The van der Waals surface area contributed by atoms with Crippen LogP contribution in [0.4, 0.5) is 0 Å². The normalized spacial score (nSPS) is 21.0. The van der Waals surface area contributed by atoms with E-state index in [1.807, 2.05) is 18.2 Å². The number of benzene rings is 1. The summed E-state index contributed by atoms with van der Waals surface area (Å²) in [6.07, 6.45) is 1.70. The van der Waals surface area contributed by atoms with E-state index in [1.54, 1.807) is 0 Å². The number of rotatable bonds is 2. The van der Waals surface area contributed by atoms with Crippen LogP contribution in [0.25, 0.3) is 0 Å². The minimum Gasteiger partial charge on any atom is -0.335 e. The Labute approximate surface area is 104 Å². The molecule has 0 saturated carbocycles. The van der Waals surface area contributed by atoms with Crippen molar-refractivity contribution in [2.75, 3.05) is 0 Å². The average Bonchev–Trinajstić information content (AvgIpc) is 2.62. The minimum absolute atomic E-state index is 0.168. The monoisotopic (exact) mass is 231 g/mol. The van der Waals surface area contributed by atoms with Crippen molar-refractivity contribution in [2.24, 2.45) is 5.41 Å². The van der Waals surface area contributed by atoms with Gasteiger partial charge in [0.1, 0.15) is 0 Å². The van der Waals surface area contributed by atoms with Crippen molar-refractivity contribution in [3.8, 4) is 0 Å². The lowest BCUT2D eigenvalue weighted by Crippen LogP contribution is -2.40. The van der Waals surface area contributed by atoms with Gasteiger partial charge in [-0.2, -0.15) is 0 Å². The second kappa shape index (κ2) is 4.52. The number of amides is 1. The highest BCUT2D eigenvalue weighted by Gasteiger charge is 2.38. The van der Waals surface area contributed by atoms with Gasteiger partial charge < -0.3 is 4.90 Å². The summed E-state index contributed by atoms with van der Waals surface area (Å²) < 4.78 is 0. The zero-order valence-electron chi connectivity index (χ0n) is 10.9. The maximum Gasteiger partial charge on any atom is 0.223 e. The number of likely N-dealkylation sites (tertiary alicyclic amines) is 1. The van der Waals surface area contributed by atoms with Crippen molar-refractivity contribution in [1.82, 2.24) is 4.90 Å². The molecule has 1 saturated heterocycles. The minimum atomic E-state index is 0.168. The quantitative estimate of drug-likeness (QED) is 0.765. The molecule has 0 N–H and O–H groups in total. The van der Waals surface area contributed by atoms with Crippen LogP contribution < -0.4 is 0 Å². The van der Waals surface area contributed by atoms with Gasteiger partial charge in [-0.3, -0.25) is 4.79 Å². The Hall–Kier alpha value is -1.31. The van der Waals surface area contributed by atoms with Crippen LogP contribution in [0, 0.1) is 5.41 Å². The molecule has 2 heteroatoms. The van der Waals surface area contributed by atoms with Crippen LogP contribution in [-0.2, 0) is 11.3 Å². The lowest BCUT2D eigenvalue weighted by molar-refractivity contribution is -0.130. The highest BCUT2D eigenvalue weighted by atomic mass is 16.2. The van der Waals surface area contributed by atoms with Gasteiger partial charge in [-0.15, -0.1) is 0 Å². The summed E-state index contributed by atoms with van der Waals surface area (Å²) in [6, 6.07) is 10.6. The first-order valence-corrected chi connectivity index (χ1v) is 6.32. The Morgan fingerprint density at radius 3 is 2.47 bits per heavy atom. The van der Waals surface area contributed by atoms with Crippen LogP contribution in [0.3, 0.4) is 0 Å². The Kier molecular flexibility index (Phi) is 3.23. The molecular formula is C15H21NO. The van der Waals surface area contributed by atoms with Crippen molar-refractivity contribution < 1.29 is 4.79 Å². The number of hydrogen-bond donors (Lipinski definition) is 0. The first kappa shape index (κ1) is 12.2. The second-order valence-corrected chi connectivity index (χ2v) is 5.93. The molecule has 0 bridgehead atoms. The molecule has 0 unspecified atom stereocenters. The Balaban J connectivity index is 2.15. The third kappa shape index (κ3) is 2.68. The number of hydrogen-bond acceptors (Lipinski definition) is 1. The molecule has 2 rings (SSSR count). The van der Waals surface area contributed by atoms with Gasteiger partial charge in [0.2, 0.25) is 5.91 Å². The second-order valence-electron chi connectivity index (χ2n) is 5.93. The van der Waals surface area contributed by atoms with E-state index in [2.05, 4.69) is 37.8 Å². The van der Waals surface area contributed by atoms with Gasteiger partial charge in [0.25, 0.3) is 0 Å². The Morgan fingerprint density at radius 1 is 1.24 bits per heavy atom. The van der Waals surface area contributed by atoms with Crippen molar-refractivity contribution >= 4 is 5.91 Å². The topological polar surface area (TPSA) is 20.3 Å². The molecule has 92 valence electrons. The molecule has 1 fully saturated rings. The molecular weight excluding hydrogens is 210 g/mol. The zero-order chi connectivity index (χ0) is 12.5. The van der Waals surface area contributed by atoms with Gasteiger partial charge in [-0.25, -0.2) is 0 Å². The van der Waals surface area contributed by atoms with Crippen LogP contribution >= 0.6 is 0 Å². The van der Waals surface area contributed by atoms with E-state index in [-0.39, 0.29) is 5.41 Å². The summed E-state index contributed by atoms with van der Waals surface area (Å²) >= 11 is 0. The zero-order valence-corrected chi connectivity index (χ0v) is 10.9. The number of nitrogens with zero attached hydrogens (tertiary/aromatic N) is 1. The number of carbonyl (C=O) groups excluding carboxylic acids is 1. The van der Waals surface area contributed by atoms with Crippen molar-refractivity contribution in [3.63, 3.8) is 0 Å². The molecule has 1 atom stereocenters. The largest absolute Gasteiger partial charge is 0.335 e. The molecule has 1 amide bonds. The van der Waals surface area contributed by atoms with Crippen molar-refractivity contribution in [3.05, 3.63) is 35.9 Å². The van der Waals surface area contributed by atoms with Gasteiger partial charge in [0.05, 0.1) is 0 Å². The van der Waals surface area contributed by atoms with Crippen LogP contribution in [-0.4, -0.2) is 16.8 Å². The van der Waals surface area contributed by atoms with Gasteiger partial charge >= 0.3 is 0 Å². The lowest BCUT2D eigenvalue weighted by atomic mass is 9.85. The fraction of sp³-hybridized carbons (Fsp3) is 0.533. The molecule has 0 radical (unpaired) electrons. The Bertz CT molecular complexity index is 391. The van der Waals surface area contributed by atoms with E-state index in [4.69, 9.17) is 0 Å². The first-order chi connectivity index (χ1) is 7.98. The summed E-state index contributed by atoms with van der Waals surface area (Å²) in [4.78, 5) is 14.0. The molecule has 0 aliphatic carbocycles. The van der Waals surface area contributed by atoms with E-state index >= 15 is 0 Å². The maximum atomic E-state index is 12.0. The smallest absolute Gasteiger partial charge is 0.223 e. The van der Waals surface area contributed by atoms with Gasteiger partial charge in [0, 0.05) is 19.0 Å². The number of carbonyl (C=O) groups is 1. The summed E-state index contributed by atoms with van der Waals surface area (Å²) in [7, 11) is 0. The maximum absolute atomic E-state index is 12.0. The van der Waals surface area contributed by atoms with Gasteiger partial charge in [-0.05, 0) is 17.4 Å². The van der Waals surface area contributed by atoms with E-state index in [0.29, 0.717) is 18.4 Å². The highest BCUT2D eigenvalue weighted by Crippen LogP contribution is 2.34. The van der Waals surface area contributed by atoms with E-state index in [0.717, 1.165) is 13.0 Å². The predicted octanol–water partition coefficient (Wildman–Crippen LogP) is 3.22. The van der Waals surface area contributed by atoms with Crippen molar-refractivity contribution in [1.29, 1.82) is 0 Å². The molecule has 17 heavy (non-hydrogen) atoms. The standard InChI is InChI=1S/C15H21NO/c1-15(2,3)13-9-10-14(17)16(13)11-12-7-5-4-6-8-12/h4-8,13H,9-11H2,1-3H3/t13-/m0/s1. The highest BCUT2D eigenvalue weighted by molar-refractivity contribution is 5.78. The molecule has 1 aliphatic heterocycles. The molecule has 1 heterocycles. The fourth-order valence-corrected chi connectivity index (χ4v) is 2.61. The third-order valence-corrected chi connectivity index (χ3v) is 3.52. The van der Waals surface area contributed by atoms with Gasteiger partial charge in [0.15, 0.2) is 0 Å². The van der Waals surface area contributed by atoms with Crippen LogP contribution in [0.1, 0.15) is 39.2 Å². The predicted molar refractivity (Wildman–Crippen MR) is 69.5 cm³/mol. The van der Waals surface area contributed by atoms with E-state index in [9.17, 15) is 4.79 Å². The first-order valence-electron chi connectivity index (χ1n) is 6.32. The average molecular weight is 231 g/mol. The van der Waals surface area contributed by atoms with Crippen LogP contribution in [0.15, 0.2) is 30.3 Å². The summed E-state index contributed by atoms with van der Waals surface area (Å²) in [5.74, 6) is 0.300. The third-order valence-electron chi connectivity index (χ3n) is 3.52. The molecule has 0 spiro atoms. The van der Waals surface area contributed by atoms with Crippen LogP contribution in [0.5, 0.6) is 0 Å². The summed E-state index contributed by atoms with van der Waals surface area (Å²) in [5, 5.41) is 0. The van der Waals surface area contributed by atoms with E-state index in [1.165, 1.54) is 5.56 Å². The molecule has 1 aromatic carbocycles.